The van der Waals surface area contributed by atoms with Crippen LogP contribution in [0.15, 0.2) is 47.4 Å². The zero-order valence-electron chi connectivity index (χ0n) is 18.3. The molecule has 2 fully saturated rings. The molecule has 0 bridgehead atoms. The molecule has 2 aromatic carbocycles. The van der Waals surface area contributed by atoms with E-state index in [9.17, 15) is 4.79 Å². The summed E-state index contributed by atoms with van der Waals surface area (Å²) in [6.07, 6.45) is 2.76. The number of hydrogen-bond donors (Lipinski definition) is 0. The third-order valence-corrected chi connectivity index (χ3v) is 7.65. The Kier molecular flexibility index (Phi) is 8.33. The Morgan fingerprint density at radius 2 is 1.79 bits per heavy atom. The Labute approximate surface area is 214 Å². The quantitative estimate of drug-likeness (QED) is 0.275. The predicted molar refractivity (Wildman–Crippen MR) is 143 cm³/mol. The second-order valence-electron chi connectivity index (χ2n) is 8.03. The van der Waals surface area contributed by atoms with Crippen LogP contribution in [0.25, 0.3) is 6.08 Å². The summed E-state index contributed by atoms with van der Waals surface area (Å²) in [5.74, 6) is 0.630. The molecular formula is C24H25Cl2N3O2S2. The van der Waals surface area contributed by atoms with Crippen molar-refractivity contribution >= 4 is 69.2 Å². The van der Waals surface area contributed by atoms with Crippen LogP contribution in [0.2, 0.25) is 10.0 Å². The van der Waals surface area contributed by atoms with Gasteiger partial charge in [0.25, 0.3) is 5.91 Å². The highest BCUT2D eigenvalue weighted by Gasteiger charge is 2.33. The molecule has 0 aromatic heterocycles. The van der Waals surface area contributed by atoms with Crippen molar-refractivity contribution < 1.29 is 9.53 Å². The number of likely N-dealkylation sites (N-methyl/N-ethyl adjacent to an activating group) is 1. The zero-order valence-corrected chi connectivity index (χ0v) is 21.4. The van der Waals surface area contributed by atoms with E-state index in [0.29, 0.717) is 25.9 Å². The molecule has 0 saturated carbocycles. The largest absolute Gasteiger partial charge is 0.494 e. The molecule has 2 heterocycles. The van der Waals surface area contributed by atoms with Gasteiger partial charge in [0.1, 0.15) is 5.75 Å². The number of nitrogens with zero attached hydrogens (tertiary/aromatic N) is 3. The van der Waals surface area contributed by atoms with Gasteiger partial charge in [-0.3, -0.25) is 9.69 Å². The number of rotatable bonds is 7. The Hall–Kier alpha value is -1.61. The number of halogens is 2. The van der Waals surface area contributed by atoms with Gasteiger partial charge in [-0.25, -0.2) is 0 Å². The van der Waals surface area contributed by atoms with Crippen LogP contribution >= 0.6 is 47.2 Å². The van der Waals surface area contributed by atoms with Crippen molar-refractivity contribution in [3.05, 3.63) is 63.0 Å². The third kappa shape index (κ3) is 6.29. The average Bonchev–Trinajstić information content (AvgIpc) is 3.08. The van der Waals surface area contributed by atoms with Crippen LogP contribution in [-0.2, 0) is 4.79 Å². The summed E-state index contributed by atoms with van der Waals surface area (Å²) in [6.45, 7) is 6.21. The second-order valence-corrected chi connectivity index (χ2v) is 10.5. The first-order valence-corrected chi connectivity index (χ1v) is 12.8. The SMILES string of the molecule is CN1CCN(CCCOc2ccc(N3C(=O)/C(=C/c4ccc(Cl)c(Cl)c4)SC3=S)cc2)CC1. The molecule has 174 valence electrons. The minimum Gasteiger partial charge on any atom is -0.494 e. The van der Waals surface area contributed by atoms with Gasteiger partial charge in [-0.15, -0.1) is 0 Å². The molecule has 0 aliphatic carbocycles. The fraction of sp³-hybridized carbons (Fsp3) is 0.333. The predicted octanol–water partition coefficient (Wildman–Crippen LogP) is 5.42. The summed E-state index contributed by atoms with van der Waals surface area (Å²) in [6, 6.07) is 12.7. The lowest BCUT2D eigenvalue weighted by Gasteiger charge is -2.32. The van der Waals surface area contributed by atoms with Gasteiger partial charge >= 0.3 is 0 Å². The summed E-state index contributed by atoms with van der Waals surface area (Å²) in [7, 11) is 2.16. The maximum absolute atomic E-state index is 13.0. The number of thioether (sulfide) groups is 1. The molecule has 9 heteroatoms. The maximum Gasteiger partial charge on any atom is 0.270 e. The number of anilines is 1. The Bertz CT molecular complexity index is 1050. The number of amides is 1. The molecule has 2 aliphatic heterocycles. The lowest BCUT2D eigenvalue weighted by atomic mass is 10.2. The van der Waals surface area contributed by atoms with Gasteiger partial charge in [-0.1, -0.05) is 53.2 Å². The van der Waals surface area contributed by atoms with Crippen LogP contribution in [0.3, 0.4) is 0 Å². The number of ether oxygens (including phenoxy) is 1. The number of piperazine rings is 1. The van der Waals surface area contributed by atoms with Crippen molar-refractivity contribution in [3.63, 3.8) is 0 Å². The Balaban J connectivity index is 1.32. The molecular weight excluding hydrogens is 497 g/mol. The van der Waals surface area contributed by atoms with Gasteiger partial charge in [0.05, 0.1) is 27.2 Å². The number of carbonyl (C=O) groups is 1. The van der Waals surface area contributed by atoms with Gasteiger partial charge < -0.3 is 14.5 Å². The molecule has 33 heavy (non-hydrogen) atoms. The molecule has 5 nitrogen and oxygen atoms in total. The van der Waals surface area contributed by atoms with E-state index < -0.39 is 0 Å². The highest BCUT2D eigenvalue weighted by molar-refractivity contribution is 8.27. The van der Waals surface area contributed by atoms with E-state index in [2.05, 4.69) is 16.8 Å². The molecule has 2 saturated heterocycles. The fourth-order valence-electron chi connectivity index (χ4n) is 3.68. The first-order chi connectivity index (χ1) is 15.9. The summed E-state index contributed by atoms with van der Waals surface area (Å²) in [5.41, 5.74) is 1.52. The van der Waals surface area contributed by atoms with Crippen LogP contribution in [-0.4, -0.2) is 66.4 Å². The highest BCUT2D eigenvalue weighted by atomic mass is 35.5. The van der Waals surface area contributed by atoms with Crippen molar-refractivity contribution in [2.45, 2.75) is 6.42 Å². The highest BCUT2D eigenvalue weighted by Crippen LogP contribution is 2.37. The topological polar surface area (TPSA) is 36.0 Å². The van der Waals surface area contributed by atoms with Gasteiger partial charge in [0, 0.05) is 32.7 Å². The van der Waals surface area contributed by atoms with E-state index in [1.54, 1.807) is 23.1 Å². The summed E-state index contributed by atoms with van der Waals surface area (Å²) >= 11 is 18.8. The average molecular weight is 523 g/mol. The van der Waals surface area contributed by atoms with E-state index in [4.69, 9.17) is 40.2 Å². The number of hydrogen-bond acceptors (Lipinski definition) is 6. The summed E-state index contributed by atoms with van der Waals surface area (Å²) in [4.78, 5) is 19.9. The molecule has 2 aromatic rings. The molecule has 0 spiro atoms. The molecule has 4 rings (SSSR count). The first kappa shape index (κ1) is 24.5. The summed E-state index contributed by atoms with van der Waals surface area (Å²) in [5, 5.41) is 0.919. The van der Waals surface area contributed by atoms with Gasteiger partial charge in [0.15, 0.2) is 4.32 Å². The van der Waals surface area contributed by atoms with Crippen LogP contribution in [0.4, 0.5) is 5.69 Å². The molecule has 0 radical (unpaired) electrons. The second kappa shape index (κ2) is 11.2. The first-order valence-electron chi connectivity index (χ1n) is 10.8. The van der Waals surface area contributed by atoms with Crippen molar-refractivity contribution in [2.75, 3.05) is 51.3 Å². The Morgan fingerprint density at radius 3 is 2.48 bits per heavy atom. The van der Waals surface area contributed by atoms with Gasteiger partial charge in [-0.05, 0) is 61.5 Å². The molecule has 1 amide bonds. The minimum absolute atomic E-state index is 0.156. The van der Waals surface area contributed by atoms with Gasteiger partial charge in [-0.2, -0.15) is 0 Å². The zero-order chi connectivity index (χ0) is 23.4. The van der Waals surface area contributed by atoms with Gasteiger partial charge in [0.2, 0.25) is 0 Å². The minimum atomic E-state index is -0.156. The third-order valence-electron chi connectivity index (χ3n) is 5.61. The molecule has 0 N–H and O–H groups in total. The fourth-order valence-corrected chi connectivity index (χ4v) is 5.29. The number of benzene rings is 2. The van der Waals surface area contributed by atoms with E-state index >= 15 is 0 Å². The number of carbonyl (C=O) groups excluding carboxylic acids is 1. The standard InChI is InChI=1S/C24H25Cl2N3O2S2/c1-27-10-12-28(13-11-27)9-2-14-31-19-6-4-18(5-7-19)29-23(30)22(33-24(29)32)16-17-3-8-20(25)21(26)15-17/h3-8,15-16H,2,9-14H2,1H3/b22-16-. The van der Waals surface area contributed by atoms with E-state index in [1.165, 1.54) is 11.8 Å². The van der Waals surface area contributed by atoms with Crippen molar-refractivity contribution in [2.24, 2.45) is 0 Å². The molecule has 0 unspecified atom stereocenters. The van der Waals surface area contributed by atoms with E-state index in [0.717, 1.165) is 56.1 Å². The van der Waals surface area contributed by atoms with E-state index in [-0.39, 0.29) is 5.91 Å². The van der Waals surface area contributed by atoms with Crippen molar-refractivity contribution in [1.82, 2.24) is 9.80 Å². The smallest absolute Gasteiger partial charge is 0.270 e. The van der Waals surface area contributed by atoms with Crippen LogP contribution in [0, 0.1) is 0 Å². The lowest BCUT2D eigenvalue weighted by molar-refractivity contribution is -0.113. The van der Waals surface area contributed by atoms with Crippen molar-refractivity contribution in [1.29, 1.82) is 0 Å². The molecule has 2 aliphatic rings. The monoisotopic (exact) mass is 521 g/mol. The molecule has 0 atom stereocenters. The maximum atomic E-state index is 13.0. The van der Waals surface area contributed by atoms with E-state index in [1.807, 2.05) is 30.3 Å². The lowest BCUT2D eigenvalue weighted by Crippen LogP contribution is -2.44. The van der Waals surface area contributed by atoms with Crippen LogP contribution < -0.4 is 9.64 Å². The van der Waals surface area contributed by atoms with Crippen molar-refractivity contribution in [3.8, 4) is 5.75 Å². The van der Waals surface area contributed by atoms with Crippen LogP contribution in [0.5, 0.6) is 5.75 Å². The van der Waals surface area contributed by atoms with Crippen LogP contribution in [0.1, 0.15) is 12.0 Å². The normalized spacial score (nSPS) is 19.0. The summed E-state index contributed by atoms with van der Waals surface area (Å²) < 4.78 is 6.39. The Morgan fingerprint density at radius 1 is 1.06 bits per heavy atom. The number of thiocarbonyl (C=S) groups is 1.